The van der Waals surface area contributed by atoms with Crippen LogP contribution in [0.25, 0.3) is 0 Å². The Kier molecular flexibility index (Phi) is 5.66. The Morgan fingerprint density at radius 2 is 2.04 bits per heavy atom. The Bertz CT molecular complexity index is 760. The Labute approximate surface area is 152 Å². The van der Waals surface area contributed by atoms with E-state index >= 15 is 0 Å². The maximum Gasteiger partial charge on any atom is 0.307 e. The molecule has 1 heterocycles. The summed E-state index contributed by atoms with van der Waals surface area (Å²) in [5.74, 6) is 1.04. The zero-order valence-electron chi connectivity index (χ0n) is 14.6. The number of fused-ring (bicyclic) bond motifs is 2. The molecule has 0 spiro atoms. The third-order valence-corrected chi connectivity index (χ3v) is 5.52. The summed E-state index contributed by atoms with van der Waals surface area (Å²) >= 11 is 1.88. The maximum absolute atomic E-state index is 11.1. The van der Waals surface area contributed by atoms with Gasteiger partial charge in [-0.05, 0) is 36.9 Å². The summed E-state index contributed by atoms with van der Waals surface area (Å²) in [6, 6.07) is 14.1. The van der Waals surface area contributed by atoms with Crippen LogP contribution in [0.1, 0.15) is 27.5 Å². The van der Waals surface area contributed by atoms with Crippen LogP contribution >= 0.6 is 11.8 Å². The van der Waals surface area contributed by atoms with Crippen LogP contribution in [-0.4, -0.2) is 42.4 Å². The number of carboxylic acid groups (broad SMARTS) is 1. The molecule has 0 saturated carbocycles. The molecule has 5 heteroatoms. The molecule has 1 unspecified atom stereocenters. The third-order valence-electron chi connectivity index (χ3n) is 4.26. The highest BCUT2D eigenvalue weighted by molar-refractivity contribution is 7.99. The van der Waals surface area contributed by atoms with Gasteiger partial charge in [0, 0.05) is 17.9 Å². The van der Waals surface area contributed by atoms with Gasteiger partial charge < -0.3 is 14.7 Å². The molecule has 1 atom stereocenters. The summed E-state index contributed by atoms with van der Waals surface area (Å²) in [5, 5.41) is 9.27. The van der Waals surface area contributed by atoms with Crippen molar-refractivity contribution in [2.24, 2.45) is 0 Å². The Balaban J connectivity index is 1.99. The maximum atomic E-state index is 11.1. The van der Waals surface area contributed by atoms with Gasteiger partial charge in [0.05, 0.1) is 11.7 Å². The number of carbonyl (C=O) groups is 1. The van der Waals surface area contributed by atoms with E-state index in [4.69, 9.17) is 9.84 Å². The van der Waals surface area contributed by atoms with E-state index in [2.05, 4.69) is 37.2 Å². The van der Waals surface area contributed by atoms with E-state index < -0.39 is 5.97 Å². The second-order valence-electron chi connectivity index (χ2n) is 6.48. The lowest BCUT2D eigenvalue weighted by atomic mass is 9.98. The summed E-state index contributed by atoms with van der Waals surface area (Å²) in [6.45, 7) is 1.54. The van der Waals surface area contributed by atoms with E-state index in [9.17, 15) is 4.79 Å². The summed E-state index contributed by atoms with van der Waals surface area (Å²) in [5.41, 5.74) is 4.35. The average Bonchev–Trinajstić information content (AvgIpc) is 2.72. The molecule has 132 valence electrons. The van der Waals surface area contributed by atoms with Crippen molar-refractivity contribution in [1.82, 2.24) is 4.90 Å². The topological polar surface area (TPSA) is 49.8 Å². The molecular weight excluding hydrogens is 334 g/mol. The molecule has 0 fully saturated rings. The summed E-state index contributed by atoms with van der Waals surface area (Å²) in [7, 11) is 4.15. The first-order valence-corrected chi connectivity index (χ1v) is 9.41. The van der Waals surface area contributed by atoms with Gasteiger partial charge in [-0.25, -0.2) is 0 Å². The number of hydrogen-bond donors (Lipinski definition) is 1. The Morgan fingerprint density at radius 1 is 1.24 bits per heavy atom. The van der Waals surface area contributed by atoms with Gasteiger partial charge in [-0.1, -0.05) is 36.4 Å². The molecular formula is C20H23NO3S. The largest absolute Gasteiger partial charge is 0.489 e. The fraction of sp³-hybridized carbons (Fsp3) is 0.350. The monoisotopic (exact) mass is 357 g/mol. The van der Waals surface area contributed by atoms with E-state index in [1.165, 1.54) is 11.1 Å². The van der Waals surface area contributed by atoms with E-state index in [0.717, 1.165) is 29.2 Å². The predicted molar refractivity (Wildman–Crippen MR) is 101 cm³/mol. The first-order valence-electron chi connectivity index (χ1n) is 8.36. The van der Waals surface area contributed by atoms with Gasteiger partial charge in [-0.15, -0.1) is 11.8 Å². The molecule has 0 bridgehead atoms. The van der Waals surface area contributed by atoms with Gasteiger partial charge in [0.2, 0.25) is 0 Å². The van der Waals surface area contributed by atoms with Crippen molar-refractivity contribution in [3.05, 3.63) is 64.7 Å². The molecule has 0 aromatic heterocycles. The fourth-order valence-corrected chi connectivity index (χ4v) is 4.48. The van der Waals surface area contributed by atoms with E-state index in [-0.39, 0.29) is 11.7 Å². The van der Waals surface area contributed by atoms with Crippen LogP contribution in [0.3, 0.4) is 0 Å². The zero-order valence-corrected chi connectivity index (χ0v) is 15.4. The number of ether oxygens (including phenoxy) is 1. The molecule has 0 saturated heterocycles. The lowest BCUT2D eigenvalue weighted by molar-refractivity contribution is -0.136. The Hall–Kier alpha value is -1.98. The molecule has 0 aliphatic carbocycles. The zero-order chi connectivity index (χ0) is 17.8. The highest BCUT2D eigenvalue weighted by Crippen LogP contribution is 2.44. The van der Waals surface area contributed by atoms with Gasteiger partial charge in [-0.2, -0.15) is 0 Å². The molecule has 4 nitrogen and oxygen atoms in total. The highest BCUT2D eigenvalue weighted by atomic mass is 32.2. The third kappa shape index (κ3) is 4.35. The number of nitrogens with zero attached hydrogens (tertiary/aromatic N) is 1. The van der Waals surface area contributed by atoms with Crippen LogP contribution in [0.2, 0.25) is 0 Å². The SMILES string of the molecule is CN(C)CCSC1c2ccccc2COc2ccc(CC(=O)O)cc21. The number of aliphatic carboxylic acids is 1. The summed E-state index contributed by atoms with van der Waals surface area (Å²) < 4.78 is 6.02. The van der Waals surface area contributed by atoms with Gasteiger partial charge >= 0.3 is 5.97 Å². The van der Waals surface area contributed by atoms with Crippen molar-refractivity contribution in [3.8, 4) is 5.75 Å². The van der Waals surface area contributed by atoms with Crippen molar-refractivity contribution in [1.29, 1.82) is 0 Å². The van der Waals surface area contributed by atoms with Crippen LogP contribution in [0.4, 0.5) is 0 Å². The van der Waals surface area contributed by atoms with Crippen LogP contribution in [0.15, 0.2) is 42.5 Å². The first-order chi connectivity index (χ1) is 12.0. The fourth-order valence-electron chi connectivity index (χ4n) is 3.00. The molecule has 2 aromatic carbocycles. The molecule has 1 aliphatic heterocycles. The second-order valence-corrected chi connectivity index (χ2v) is 7.70. The van der Waals surface area contributed by atoms with Crippen LogP contribution in [0.5, 0.6) is 5.75 Å². The molecule has 1 N–H and O–H groups in total. The highest BCUT2D eigenvalue weighted by Gasteiger charge is 2.25. The van der Waals surface area contributed by atoms with Crippen LogP contribution in [-0.2, 0) is 17.8 Å². The molecule has 2 aromatic rings. The van der Waals surface area contributed by atoms with Crippen LogP contribution < -0.4 is 4.74 Å². The predicted octanol–water partition coefficient (Wildman–Crippen LogP) is 3.59. The smallest absolute Gasteiger partial charge is 0.307 e. The van der Waals surface area contributed by atoms with Crippen molar-refractivity contribution in [3.63, 3.8) is 0 Å². The van der Waals surface area contributed by atoms with Crippen molar-refractivity contribution >= 4 is 17.7 Å². The number of hydrogen-bond acceptors (Lipinski definition) is 4. The standard InChI is InChI=1S/C20H23NO3S/c1-21(2)9-10-25-20-16-6-4-3-5-15(16)13-24-18-8-7-14(11-17(18)20)12-19(22)23/h3-8,11,20H,9-10,12-13H2,1-2H3,(H,22,23). The van der Waals surface area contributed by atoms with E-state index in [1.54, 1.807) is 0 Å². The lowest BCUT2D eigenvalue weighted by Gasteiger charge is -2.20. The Morgan fingerprint density at radius 3 is 2.80 bits per heavy atom. The van der Waals surface area contributed by atoms with Gasteiger partial charge in [-0.3, -0.25) is 4.79 Å². The van der Waals surface area contributed by atoms with E-state index in [1.807, 2.05) is 36.0 Å². The normalized spacial score (nSPS) is 15.9. The van der Waals surface area contributed by atoms with Crippen molar-refractivity contribution in [2.45, 2.75) is 18.3 Å². The second kappa shape index (κ2) is 7.93. The minimum Gasteiger partial charge on any atom is -0.489 e. The molecule has 0 radical (unpaired) electrons. The van der Waals surface area contributed by atoms with Gasteiger partial charge in [0.25, 0.3) is 0 Å². The number of thioether (sulfide) groups is 1. The average molecular weight is 357 g/mol. The molecule has 1 aliphatic rings. The van der Waals surface area contributed by atoms with E-state index in [0.29, 0.717) is 6.61 Å². The number of benzene rings is 2. The van der Waals surface area contributed by atoms with Crippen molar-refractivity contribution < 1.29 is 14.6 Å². The summed E-state index contributed by atoms with van der Waals surface area (Å²) in [6.07, 6.45) is 0.0318. The van der Waals surface area contributed by atoms with Crippen molar-refractivity contribution in [2.75, 3.05) is 26.4 Å². The first kappa shape index (κ1) is 17.8. The number of rotatable bonds is 6. The lowest BCUT2D eigenvalue weighted by Crippen LogP contribution is -2.15. The molecule has 3 rings (SSSR count). The minimum absolute atomic E-state index is 0.0318. The number of carboxylic acids is 1. The quantitative estimate of drug-likeness (QED) is 0.856. The molecule has 0 amide bonds. The van der Waals surface area contributed by atoms with Gasteiger partial charge in [0.15, 0.2) is 0 Å². The minimum atomic E-state index is -0.813. The van der Waals surface area contributed by atoms with Crippen LogP contribution in [0, 0.1) is 0 Å². The summed E-state index contributed by atoms with van der Waals surface area (Å²) in [4.78, 5) is 13.3. The molecule has 25 heavy (non-hydrogen) atoms. The van der Waals surface area contributed by atoms with Gasteiger partial charge in [0.1, 0.15) is 12.4 Å².